The first-order valence-corrected chi connectivity index (χ1v) is 6.63. The van der Waals surface area contributed by atoms with Gasteiger partial charge in [0, 0.05) is 26.1 Å². The molecule has 0 aliphatic carbocycles. The van der Waals surface area contributed by atoms with Crippen molar-refractivity contribution in [3.63, 3.8) is 0 Å². The molecule has 18 heavy (non-hydrogen) atoms. The Kier molecular flexibility index (Phi) is 6.49. The molecule has 1 rings (SSSR count). The molecule has 0 aromatic rings. The molecule has 0 aromatic carbocycles. The van der Waals surface area contributed by atoms with Gasteiger partial charge in [0.2, 0.25) is 0 Å². The van der Waals surface area contributed by atoms with Crippen molar-refractivity contribution in [1.82, 2.24) is 15.8 Å². The Bertz CT molecular complexity index is 278. The number of carbonyl (C=O) groups excluding carboxylic acids is 1. The standard InChI is InChI=1S/C12H23N3O3/c1-2-10(8-11(16)17)9-13-12(18)14-15-6-4-3-5-7-15/h10H,2-9H2,1H3,(H,16,17)(H2,13,14,18). The first kappa shape index (κ1) is 14.8. The summed E-state index contributed by atoms with van der Waals surface area (Å²) >= 11 is 0. The average molecular weight is 257 g/mol. The molecule has 1 fully saturated rings. The Balaban J connectivity index is 2.20. The third-order valence-corrected chi connectivity index (χ3v) is 3.21. The van der Waals surface area contributed by atoms with Crippen molar-refractivity contribution in [2.45, 2.75) is 39.0 Å². The molecule has 0 aromatic heterocycles. The number of hydrogen-bond acceptors (Lipinski definition) is 3. The average Bonchev–Trinajstić information content (AvgIpc) is 2.35. The summed E-state index contributed by atoms with van der Waals surface area (Å²) in [6, 6.07) is -0.235. The third kappa shape index (κ3) is 5.86. The van der Waals surface area contributed by atoms with Gasteiger partial charge < -0.3 is 10.4 Å². The zero-order valence-electron chi connectivity index (χ0n) is 10.9. The van der Waals surface area contributed by atoms with Gasteiger partial charge in [-0.1, -0.05) is 19.8 Å². The molecule has 0 radical (unpaired) electrons. The summed E-state index contributed by atoms with van der Waals surface area (Å²) in [6.07, 6.45) is 4.28. The van der Waals surface area contributed by atoms with Gasteiger partial charge in [-0.05, 0) is 18.8 Å². The second kappa shape index (κ2) is 7.92. The predicted molar refractivity (Wildman–Crippen MR) is 68.0 cm³/mol. The smallest absolute Gasteiger partial charge is 0.329 e. The second-order valence-electron chi connectivity index (χ2n) is 4.74. The number of hydrazine groups is 1. The molecule has 0 saturated carbocycles. The molecule has 6 nitrogen and oxygen atoms in total. The summed E-state index contributed by atoms with van der Waals surface area (Å²) in [4.78, 5) is 22.2. The molecule has 1 heterocycles. The zero-order valence-corrected chi connectivity index (χ0v) is 10.9. The maximum absolute atomic E-state index is 11.6. The number of carboxylic acids is 1. The van der Waals surface area contributed by atoms with Crippen LogP contribution in [0.1, 0.15) is 39.0 Å². The predicted octanol–water partition coefficient (Wildman–Crippen LogP) is 1.19. The summed E-state index contributed by atoms with van der Waals surface area (Å²) in [5.41, 5.74) is 2.79. The van der Waals surface area contributed by atoms with Crippen LogP contribution < -0.4 is 10.7 Å². The van der Waals surface area contributed by atoms with Crippen LogP contribution in [0.3, 0.4) is 0 Å². The highest BCUT2D eigenvalue weighted by molar-refractivity contribution is 5.73. The van der Waals surface area contributed by atoms with Crippen molar-refractivity contribution in [3.05, 3.63) is 0 Å². The van der Waals surface area contributed by atoms with Gasteiger partial charge in [-0.3, -0.25) is 10.2 Å². The van der Waals surface area contributed by atoms with Crippen LogP contribution in [0, 0.1) is 5.92 Å². The van der Waals surface area contributed by atoms with E-state index in [4.69, 9.17) is 5.11 Å². The number of nitrogens with one attached hydrogen (secondary N) is 2. The van der Waals surface area contributed by atoms with Crippen LogP contribution >= 0.6 is 0 Å². The molecular weight excluding hydrogens is 234 g/mol. The molecule has 1 unspecified atom stereocenters. The van der Waals surface area contributed by atoms with Crippen molar-refractivity contribution in [3.8, 4) is 0 Å². The Morgan fingerprint density at radius 3 is 2.50 bits per heavy atom. The molecule has 0 spiro atoms. The van der Waals surface area contributed by atoms with E-state index < -0.39 is 5.97 Å². The number of hydrogen-bond donors (Lipinski definition) is 3. The molecular formula is C12H23N3O3. The normalized spacial score (nSPS) is 18.1. The molecule has 1 saturated heterocycles. The highest BCUT2D eigenvalue weighted by atomic mass is 16.4. The van der Waals surface area contributed by atoms with Gasteiger partial charge in [-0.2, -0.15) is 0 Å². The van der Waals surface area contributed by atoms with E-state index in [1.165, 1.54) is 6.42 Å². The lowest BCUT2D eigenvalue weighted by atomic mass is 10.0. The quantitative estimate of drug-likeness (QED) is 0.667. The molecule has 1 aliphatic heterocycles. The Morgan fingerprint density at radius 2 is 1.94 bits per heavy atom. The third-order valence-electron chi connectivity index (χ3n) is 3.21. The van der Waals surface area contributed by atoms with Crippen LogP contribution in [0.15, 0.2) is 0 Å². The number of carbonyl (C=O) groups is 2. The van der Waals surface area contributed by atoms with Crippen LogP contribution in [-0.2, 0) is 4.79 Å². The van der Waals surface area contributed by atoms with Crippen LogP contribution in [0.25, 0.3) is 0 Å². The SMILES string of the molecule is CCC(CNC(=O)NN1CCCCC1)CC(=O)O. The number of rotatable bonds is 6. The summed E-state index contributed by atoms with van der Waals surface area (Å²) in [5.74, 6) is -0.824. The van der Waals surface area contributed by atoms with Crippen LogP contribution in [-0.4, -0.2) is 41.8 Å². The zero-order chi connectivity index (χ0) is 13.4. The van der Waals surface area contributed by atoms with E-state index in [2.05, 4.69) is 10.7 Å². The van der Waals surface area contributed by atoms with E-state index in [1.54, 1.807) is 0 Å². The lowest BCUT2D eigenvalue weighted by Crippen LogP contribution is -2.50. The van der Waals surface area contributed by atoms with Crippen molar-refractivity contribution in [1.29, 1.82) is 0 Å². The van der Waals surface area contributed by atoms with E-state index >= 15 is 0 Å². The Morgan fingerprint density at radius 1 is 1.28 bits per heavy atom. The number of carboxylic acid groups (broad SMARTS) is 1. The van der Waals surface area contributed by atoms with Gasteiger partial charge in [-0.25, -0.2) is 9.80 Å². The van der Waals surface area contributed by atoms with E-state index in [0.29, 0.717) is 6.54 Å². The van der Waals surface area contributed by atoms with Crippen LogP contribution in [0.4, 0.5) is 4.79 Å². The highest BCUT2D eigenvalue weighted by Gasteiger charge is 2.15. The molecule has 104 valence electrons. The fraction of sp³-hybridized carbons (Fsp3) is 0.833. The minimum absolute atomic E-state index is 0.00499. The highest BCUT2D eigenvalue weighted by Crippen LogP contribution is 2.07. The van der Waals surface area contributed by atoms with Gasteiger partial charge in [0.1, 0.15) is 0 Å². The first-order valence-electron chi connectivity index (χ1n) is 6.63. The summed E-state index contributed by atoms with van der Waals surface area (Å²) in [5, 5.41) is 13.3. The topological polar surface area (TPSA) is 81.7 Å². The second-order valence-corrected chi connectivity index (χ2v) is 4.74. The minimum Gasteiger partial charge on any atom is -0.481 e. The largest absolute Gasteiger partial charge is 0.481 e. The number of nitrogens with zero attached hydrogens (tertiary/aromatic N) is 1. The molecule has 6 heteroatoms. The van der Waals surface area contributed by atoms with Gasteiger partial charge >= 0.3 is 12.0 Å². The molecule has 0 bridgehead atoms. The lowest BCUT2D eigenvalue weighted by molar-refractivity contribution is -0.138. The maximum atomic E-state index is 11.6. The molecule has 1 atom stereocenters. The summed E-state index contributed by atoms with van der Waals surface area (Å²) in [6.45, 7) is 4.11. The van der Waals surface area contributed by atoms with Crippen molar-refractivity contribution in [2.75, 3.05) is 19.6 Å². The molecule has 1 aliphatic rings. The van der Waals surface area contributed by atoms with Gasteiger partial charge in [0.25, 0.3) is 0 Å². The molecule has 3 N–H and O–H groups in total. The van der Waals surface area contributed by atoms with E-state index in [-0.39, 0.29) is 18.4 Å². The van der Waals surface area contributed by atoms with Gasteiger partial charge in [-0.15, -0.1) is 0 Å². The number of urea groups is 1. The van der Waals surface area contributed by atoms with E-state index in [9.17, 15) is 9.59 Å². The Labute approximate surface area is 108 Å². The minimum atomic E-state index is -0.819. The van der Waals surface area contributed by atoms with E-state index in [0.717, 1.165) is 32.4 Å². The monoisotopic (exact) mass is 257 g/mol. The van der Waals surface area contributed by atoms with Crippen molar-refractivity contribution >= 4 is 12.0 Å². The van der Waals surface area contributed by atoms with Crippen molar-refractivity contribution in [2.24, 2.45) is 5.92 Å². The molecule has 2 amide bonds. The van der Waals surface area contributed by atoms with E-state index in [1.807, 2.05) is 11.9 Å². The van der Waals surface area contributed by atoms with Crippen LogP contribution in [0.5, 0.6) is 0 Å². The number of amides is 2. The number of piperidine rings is 1. The van der Waals surface area contributed by atoms with Gasteiger partial charge in [0.15, 0.2) is 0 Å². The van der Waals surface area contributed by atoms with Crippen molar-refractivity contribution < 1.29 is 14.7 Å². The summed E-state index contributed by atoms with van der Waals surface area (Å²) < 4.78 is 0. The fourth-order valence-electron chi connectivity index (χ4n) is 2.03. The van der Waals surface area contributed by atoms with Crippen LogP contribution in [0.2, 0.25) is 0 Å². The van der Waals surface area contributed by atoms with Gasteiger partial charge in [0.05, 0.1) is 0 Å². The first-order chi connectivity index (χ1) is 8.61. The maximum Gasteiger partial charge on any atom is 0.329 e. The fourth-order valence-corrected chi connectivity index (χ4v) is 2.03. The summed E-state index contributed by atoms with van der Waals surface area (Å²) in [7, 11) is 0. The Hall–Kier alpha value is -1.30. The number of aliphatic carboxylic acids is 1. The lowest BCUT2D eigenvalue weighted by Gasteiger charge is -2.27.